The molecule has 0 aliphatic carbocycles. The first-order chi connectivity index (χ1) is 17.3. The summed E-state index contributed by atoms with van der Waals surface area (Å²) in [6.07, 6.45) is 3.10. The van der Waals surface area contributed by atoms with Gasteiger partial charge in [0.2, 0.25) is 0 Å². The van der Waals surface area contributed by atoms with Gasteiger partial charge in [0.25, 0.3) is 0 Å². The largest absolute Gasteiger partial charge is 0.481 e. The van der Waals surface area contributed by atoms with E-state index < -0.39 is 11.9 Å². The first kappa shape index (κ1) is 27.3. The van der Waals surface area contributed by atoms with E-state index in [0.717, 1.165) is 40.8 Å². The van der Waals surface area contributed by atoms with E-state index in [2.05, 4.69) is 19.1 Å². The minimum atomic E-state index is -0.409. The highest BCUT2D eigenvalue weighted by Gasteiger charge is 2.19. The molecule has 3 aromatic carbocycles. The normalized spacial score (nSPS) is 11.3. The van der Waals surface area contributed by atoms with E-state index in [9.17, 15) is 9.59 Å². The zero-order valence-electron chi connectivity index (χ0n) is 22.1. The van der Waals surface area contributed by atoms with E-state index >= 15 is 0 Å². The van der Waals surface area contributed by atoms with Crippen LogP contribution < -0.4 is 9.47 Å². The lowest BCUT2D eigenvalue weighted by molar-refractivity contribution is -0.147. The summed E-state index contributed by atoms with van der Waals surface area (Å²) in [6, 6.07) is 13.9. The monoisotopic (exact) mass is 494 g/mol. The third-order valence-electron chi connectivity index (χ3n) is 5.63. The predicted molar refractivity (Wildman–Crippen MR) is 143 cm³/mol. The van der Waals surface area contributed by atoms with Gasteiger partial charge in [-0.05, 0) is 36.3 Å². The van der Waals surface area contributed by atoms with Crippen molar-refractivity contribution in [1.29, 1.82) is 0 Å². The van der Waals surface area contributed by atoms with Crippen molar-refractivity contribution in [3.05, 3.63) is 48.0 Å². The lowest BCUT2D eigenvalue weighted by Crippen LogP contribution is -2.18. The first-order valence-electron chi connectivity index (χ1n) is 12.8. The number of rotatable bonds is 13. The van der Waals surface area contributed by atoms with Crippen molar-refractivity contribution in [2.75, 3.05) is 26.4 Å². The van der Waals surface area contributed by atoms with Crippen LogP contribution in [0.25, 0.3) is 21.5 Å². The number of aryl methyl sites for hydroxylation is 1. The quantitative estimate of drug-likeness (QED) is 0.200. The van der Waals surface area contributed by atoms with E-state index in [1.165, 1.54) is 5.56 Å². The third-order valence-corrected chi connectivity index (χ3v) is 5.63. The SMILES string of the molecule is CCCCc1ccc2c(OCC(=O)OCC(C)C)c3ccccc3c(OCC(=O)OCC(C)C)c2c1. The molecule has 0 atom stereocenters. The molecule has 6 nitrogen and oxygen atoms in total. The molecule has 0 unspecified atom stereocenters. The van der Waals surface area contributed by atoms with Crippen LogP contribution in [-0.4, -0.2) is 38.4 Å². The molecule has 0 saturated carbocycles. The van der Waals surface area contributed by atoms with Gasteiger partial charge in [-0.15, -0.1) is 0 Å². The number of hydrogen-bond acceptors (Lipinski definition) is 6. The summed E-state index contributed by atoms with van der Waals surface area (Å²) >= 11 is 0. The second kappa shape index (κ2) is 13.1. The molecule has 36 heavy (non-hydrogen) atoms. The third kappa shape index (κ3) is 7.36. The standard InChI is InChI=1S/C30H38O6/c1-6-7-10-22-13-14-25-26(15-22)30(36-19-28(32)34-17-21(4)5)24-12-9-8-11-23(24)29(25)35-18-27(31)33-16-20(2)3/h8-9,11-15,20-21H,6-7,10,16-19H2,1-5H3. The summed E-state index contributed by atoms with van der Waals surface area (Å²) in [6.45, 7) is 10.4. The molecule has 194 valence electrons. The van der Waals surface area contributed by atoms with Crippen LogP contribution in [0.4, 0.5) is 0 Å². The molecule has 0 heterocycles. The minimum Gasteiger partial charge on any atom is -0.481 e. The van der Waals surface area contributed by atoms with Crippen molar-refractivity contribution in [1.82, 2.24) is 0 Å². The Morgan fingerprint density at radius 2 is 1.22 bits per heavy atom. The Labute approximate surface area is 213 Å². The Balaban J connectivity index is 2.02. The molecule has 0 amide bonds. The lowest BCUT2D eigenvalue weighted by Gasteiger charge is -2.18. The summed E-state index contributed by atoms with van der Waals surface area (Å²) in [5, 5.41) is 3.26. The Bertz CT molecular complexity index is 1180. The zero-order valence-corrected chi connectivity index (χ0v) is 22.1. The molecule has 0 spiro atoms. The molecule has 0 saturated heterocycles. The second-order valence-electron chi connectivity index (χ2n) is 9.92. The number of esters is 2. The maximum absolute atomic E-state index is 12.3. The molecule has 0 aromatic heterocycles. The van der Waals surface area contributed by atoms with Crippen LogP contribution in [-0.2, 0) is 25.5 Å². The molecule has 0 fully saturated rings. The van der Waals surface area contributed by atoms with Crippen molar-refractivity contribution in [3.8, 4) is 11.5 Å². The summed E-state index contributed by atoms with van der Waals surface area (Å²) in [5.41, 5.74) is 1.18. The predicted octanol–water partition coefficient (Wildman–Crippen LogP) is 6.49. The van der Waals surface area contributed by atoms with Gasteiger partial charge in [-0.3, -0.25) is 0 Å². The van der Waals surface area contributed by atoms with Crippen LogP contribution in [0.5, 0.6) is 11.5 Å². The number of carbonyl (C=O) groups is 2. The highest BCUT2D eigenvalue weighted by molar-refractivity contribution is 6.11. The first-order valence-corrected chi connectivity index (χ1v) is 12.8. The number of ether oxygens (including phenoxy) is 4. The average molecular weight is 495 g/mol. The fourth-order valence-electron chi connectivity index (χ4n) is 3.86. The maximum Gasteiger partial charge on any atom is 0.344 e. The van der Waals surface area contributed by atoms with Gasteiger partial charge in [0.1, 0.15) is 11.5 Å². The maximum atomic E-state index is 12.3. The Hall–Kier alpha value is -3.28. The van der Waals surface area contributed by atoms with Gasteiger partial charge in [0, 0.05) is 21.5 Å². The Morgan fingerprint density at radius 1 is 0.722 bits per heavy atom. The molecule has 6 heteroatoms. The van der Waals surface area contributed by atoms with Gasteiger partial charge in [-0.2, -0.15) is 0 Å². The van der Waals surface area contributed by atoms with Crippen LogP contribution in [0.1, 0.15) is 53.0 Å². The zero-order chi connectivity index (χ0) is 26.1. The van der Waals surface area contributed by atoms with E-state index in [-0.39, 0.29) is 25.0 Å². The van der Waals surface area contributed by atoms with Gasteiger partial charge in [0.05, 0.1) is 13.2 Å². The fourth-order valence-corrected chi connectivity index (χ4v) is 3.86. The molecule has 3 rings (SSSR count). The van der Waals surface area contributed by atoms with Crippen LogP contribution >= 0.6 is 0 Å². The van der Waals surface area contributed by atoms with Crippen LogP contribution in [0.3, 0.4) is 0 Å². The molecular weight excluding hydrogens is 456 g/mol. The molecule has 0 aliphatic heterocycles. The van der Waals surface area contributed by atoms with E-state index in [1.54, 1.807) is 0 Å². The van der Waals surface area contributed by atoms with Crippen molar-refractivity contribution >= 4 is 33.5 Å². The second-order valence-corrected chi connectivity index (χ2v) is 9.92. The highest BCUT2D eigenvalue weighted by atomic mass is 16.6. The number of hydrogen-bond donors (Lipinski definition) is 0. The minimum absolute atomic E-state index is 0.188. The molecule has 3 aromatic rings. The van der Waals surface area contributed by atoms with Crippen molar-refractivity contribution in [2.24, 2.45) is 11.8 Å². The van der Waals surface area contributed by atoms with Crippen molar-refractivity contribution < 1.29 is 28.5 Å². The summed E-state index contributed by atoms with van der Waals surface area (Å²) in [7, 11) is 0. The molecule has 0 aliphatic rings. The van der Waals surface area contributed by atoms with Crippen LogP contribution in [0, 0.1) is 11.8 Å². The van der Waals surface area contributed by atoms with E-state index in [0.29, 0.717) is 24.7 Å². The van der Waals surface area contributed by atoms with Crippen molar-refractivity contribution in [3.63, 3.8) is 0 Å². The average Bonchev–Trinajstić information content (AvgIpc) is 2.86. The number of carbonyl (C=O) groups excluding carboxylic acids is 2. The smallest absolute Gasteiger partial charge is 0.344 e. The molecule has 0 radical (unpaired) electrons. The van der Waals surface area contributed by atoms with Crippen molar-refractivity contribution in [2.45, 2.75) is 53.9 Å². The topological polar surface area (TPSA) is 71.1 Å². The van der Waals surface area contributed by atoms with Crippen LogP contribution in [0.15, 0.2) is 42.5 Å². The number of unbranched alkanes of at least 4 members (excludes halogenated alkanes) is 1. The van der Waals surface area contributed by atoms with Gasteiger partial charge in [-0.1, -0.05) is 77.4 Å². The van der Waals surface area contributed by atoms with Gasteiger partial charge in [0.15, 0.2) is 13.2 Å². The fraction of sp³-hybridized carbons (Fsp3) is 0.467. The van der Waals surface area contributed by atoms with Gasteiger partial charge in [-0.25, -0.2) is 9.59 Å². The molecule has 0 N–H and O–H groups in total. The summed E-state index contributed by atoms with van der Waals surface area (Å²) in [4.78, 5) is 24.6. The summed E-state index contributed by atoms with van der Waals surface area (Å²) < 4.78 is 22.8. The van der Waals surface area contributed by atoms with Gasteiger partial charge >= 0.3 is 11.9 Å². The van der Waals surface area contributed by atoms with E-state index in [4.69, 9.17) is 18.9 Å². The lowest BCUT2D eigenvalue weighted by atomic mass is 9.97. The molecular formula is C30H38O6. The number of benzene rings is 3. The summed E-state index contributed by atoms with van der Waals surface area (Å²) in [5.74, 6) is 0.889. The van der Waals surface area contributed by atoms with Gasteiger partial charge < -0.3 is 18.9 Å². The molecule has 0 bridgehead atoms. The van der Waals surface area contributed by atoms with E-state index in [1.807, 2.05) is 58.0 Å². The Morgan fingerprint density at radius 3 is 1.72 bits per heavy atom. The highest BCUT2D eigenvalue weighted by Crippen LogP contribution is 2.43. The number of fused-ring (bicyclic) bond motifs is 2. The van der Waals surface area contributed by atoms with Crippen LogP contribution in [0.2, 0.25) is 0 Å². The Kier molecular flexibility index (Phi) is 9.97.